The van der Waals surface area contributed by atoms with Crippen molar-refractivity contribution < 1.29 is 13.5 Å². The minimum Gasteiger partial charge on any atom is -0.391 e. The molecule has 0 fully saturated rings. The molecule has 4 nitrogen and oxygen atoms in total. The third-order valence-corrected chi connectivity index (χ3v) is 4.42. The van der Waals surface area contributed by atoms with Gasteiger partial charge in [-0.2, -0.15) is 0 Å². The Bertz CT molecular complexity index is 540. The lowest BCUT2D eigenvalue weighted by atomic mass is 10.0. The first-order valence-corrected chi connectivity index (χ1v) is 8.38. The molecule has 0 bridgehead atoms. The summed E-state index contributed by atoms with van der Waals surface area (Å²) in [6, 6.07) is 6.83. The molecule has 0 aliphatic heterocycles. The maximum Gasteiger partial charge on any atom is 0.233 e. The maximum atomic E-state index is 11.8. The molecule has 2 atom stereocenters. The van der Waals surface area contributed by atoms with Gasteiger partial charge in [-0.1, -0.05) is 44.0 Å². The molecule has 2 N–H and O–H groups in total. The first-order chi connectivity index (χ1) is 9.34. The molecule has 0 aromatic heterocycles. The molecular formula is C14H20ClNO3S. The van der Waals surface area contributed by atoms with Crippen LogP contribution in [0.4, 0.5) is 0 Å². The van der Waals surface area contributed by atoms with Crippen LogP contribution in [0, 0.1) is 5.92 Å². The fraction of sp³-hybridized carbons (Fsp3) is 0.429. The number of aliphatic hydroxyl groups excluding tert-OH is 1. The highest BCUT2D eigenvalue weighted by Gasteiger charge is 2.14. The predicted molar refractivity (Wildman–Crippen MR) is 82.9 cm³/mol. The molecule has 6 heteroatoms. The van der Waals surface area contributed by atoms with E-state index in [2.05, 4.69) is 4.72 Å². The second-order valence-electron chi connectivity index (χ2n) is 4.70. The minimum atomic E-state index is -3.55. The highest BCUT2D eigenvalue weighted by atomic mass is 35.5. The SMILES string of the molecule is CCC(C)C(O)CNS(=O)(=O)/C=C/c1ccc(Cl)cc1. The number of aliphatic hydroxyl groups is 1. The van der Waals surface area contributed by atoms with Crippen LogP contribution >= 0.6 is 11.6 Å². The van der Waals surface area contributed by atoms with E-state index in [4.69, 9.17) is 11.6 Å². The van der Waals surface area contributed by atoms with Crippen LogP contribution in [0.3, 0.4) is 0 Å². The quantitative estimate of drug-likeness (QED) is 0.812. The lowest BCUT2D eigenvalue weighted by Gasteiger charge is -2.16. The highest BCUT2D eigenvalue weighted by Crippen LogP contribution is 2.11. The van der Waals surface area contributed by atoms with Crippen LogP contribution in [0.2, 0.25) is 5.02 Å². The average Bonchev–Trinajstić information content (AvgIpc) is 2.43. The molecular weight excluding hydrogens is 298 g/mol. The summed E-state index contributed by atoms with van der Waals surface area (Å²) >= 11 is 5.75. The lowest BCUT2D eigenvalue weighted by Crippen LogP contribution is -2.34. The molecule has 0 aliphatic rings. The number of sulfonamides is 1. The van der Waals surface area contributed by atoms with Gasteiger partial charge in [-0.15, -0.1) is 0 Å². The summed E-state index contributed by atoms with van der Waals surface area (Å²) in [5, 5.41) is 11.4. The third kappa shape index (κ3) is 6.05. The van der Waals surface area contributed by atoms with E-state index >= 15 is 0 Å². The van der Waals surface area contributed by atoms with Gasteiger partial charge in [0.25, 0.3) is 0 Å². The average molecular weight is 318 g/mol. The largest absolute Gasteiger partial charge is 0.391 e. The summed E-state index contributed by atoms with van der Waals surface area (Å²) < 4.78 is 25.9. The van der Waals surface area contributed by atoms with E-state index in [-0.39, 0.29) is 12.5 Å². The summed E-state index contributed by atoms with van der Waals surface area (Å²) in [5.41, 5.74) is 0.738. The Morgan fingerprint density at radius 3 is 2.50 bits per heavy atom. The summed E-state index contributed by atoms with van der Waals surface area (Å²) in [4.78, 5) is 0. The van der Waals surface area contributed by atoms with Gasteiger partial charge in [0.1, 0.15) is 0 Å². The van der Waals surface area contributed by atoms with Crippen LogP contribution in [0.25, 0.3) is 6.08 Å². The van der Waals surface area contributed by atoms with E-state index in [0.29, 0.717) is 5.02 Å². The molecule has 0 saturated carbocycles. The van der Waals surface area contributed by atoms with Crippen LogP contribution in [0.15, 0.2) is 29.7 Å². The van der Waals surface area contributed by atoms with E-state index in [1.54, 1.807) is 24.3 Å². The first kappa shape index (κ1) is 17.2. The van der Waals surface area contributed by atoms with Crippen LogP contribution in [-0.4, -0.2) is 26.2 Å². The van der Waals surface area contributed by atoms with Crippen molar-refractivity contribution in [3.8, 4) is 0 Å². The summed E-state index contributed by atoms with van der Waals surface area (Å²) in [5.74, 6) is 0.0537. The van der Waals surface area contributed by atoms with Crippen LogP contribution < -0.4 is 4.72 Å². The maximum absolute atomic E-state index is 11.8. The van der Waals surface area contributed by atoms with Gasteiger partial charge in [0, 0.05) is 17.0 Å². The zero-order valence-corrected chi connectivity index (χ0v) is 13.2. The molecule has 0 aliphatic carbocycles. The molecule has 1 aromatic rings. The Kier molecular flexibility index (Phi) is 6.68. The Labute approximate surface area is 125 Å². The Morgan fingerprint density at radius 2 is 1.95 bits per heavy atom. The van der Waals surface area contributed by atoms with Gasteiger partial charge in [-0.05, 0) is 29.7 Å². The number of rotatable bonds is 7. The fourth-order valence-corrected chi connectivity index (χ4v) is 2.43. The number of halogens is 1. The van der Waals surface area contributed by atoms with Crippen molar-refractivity contribution in [2.75, 3.05) is 6.54 Å². The van der Waals surface area contributed by atoms with Gasteiger partial charge in [-0.25, -0.2) is 13.1 Å². The Balaban J connectivity index is 2.59. The monoisotopic (exact) mass is 317 g/mol. The van der Waals surface area contributed by atoms with Gasteiger partial charge in [0.2, 0.25) is 10.0 Å². The topological polar surface area (TPSA) is 66.4 Å². The van der Waals surface area contributed by atoms with E-state index in [1.807, 2.05) is 13.8 Å². The zero-order chi connectivity index (χ0) is 15.2. The second-order valence-corrected chi connectivity index (χ2v) is 6.79. The molecule has 0 radical (unpaired) electrons. The van der Waals surface area contributed by atoms with Gasteiger partial charge >= 0.3 is 0 Å². The Morgan fingerprint density at radius 1 is 1.35 bits per heavy atom. The minimum absolute atomic E-state index is 0.0162. The summed E-state index contributed by atoms with van der Waals surface area (Å²) in [7, 11) is -3.55. The van der Waals surface area contributed by atoms with Crippen molar-refractivity contribution in [1.29, 1.82) is 0 Å². The number of hydrogen-bond acceptors (Lipinski definition) is 3. The van der Waals surface area contributed by atoms with E-state index in [9.17, 15) is 13.5 Å². The van der Waals surface area contributed by atoms with E-state index in [0.717, 1.165) is 17.4 Å². The van der Waals surface area contributed by atoms with Crippen LogP contribution in [-0.2, 0) is 10.0 Å². The number of benzene rings is 1. The zero-order valence-electron chi connectivity index (χ0n) is 11.6. The summed E-state index contributed by atoms with van der Waals surface area (Å²) in [6.07, 6.45) is 1.59. The molecule has 0 spiro atoms. The molecule has 0 amide bonds. The number of hydrogen-bond donors (Lipinski definition) is 2. The molecule has 0 heterocycles. The van der Waals surface area contributed by atoms with Gasteiger partial charge in [0.15, 0.2) is 0 Å². The van der Waals surface area contributed by atoms with Crippen molar-refractivity contribution in [2.45, 2.75) is 26.4 Å². The molecule has 112 valence electrons. The van der Waals surface area contributed by atoms with Crippen molar-refractivity contribution >= 4 is 27.7 Å². The second kappa shape index (κ2) is 7.78. The van der Waals surface area contributed by atoms with E-state index < -0.39 is 16.1 Å². The third-order valence-electron chi connectivity index (χ3n) is 3.10. The Hall–Kier alpha value is -0.880. The highest BCUT2D eigenvalue weighted by molar-refractivity contribution is 7.92. The smallest absolute Gasteiger partial charge is 0.233 e. The van der Waals surface area contributed by atoms with Gasteiger partial charge in [-0.3, -0.25) is 0 Å². The molecule has 1 rings (SSSR count). The number of nitrogens with one attached hydrogen (secondary N) is 1. The lowest BCUT2D eigenvalue weighted by molar-refractivity contribution is 0.119. The summed E-state index contributed by atoms with van der Waals surface area (Å²) in [6.45, 7) is 3.84. The van der Waals surface area contributed by atoms with Crippen molar-refractivity contribution in [3.05, 3.63) is 40.3 Å². The van der Waals surface area contributed by atoms with Gasteiger partial charge < -0.3 is 5.11 Å². The first-order valence-electron chi connectivity index (χ1n) is 6.45. The van der Waals surface area contributed by atoms with Crippen LogP contribution in [0.1, 0.15) is 25.8 Å². The standard InChI is InChI=1S/C14H20ClNO3S/c1-3-11(2)14(17)10-16-20(18,19)9-8-12-4-6-13(15)7-5-12/h4-9,11,14,16-17H,3,10H2,1-2H3/b9-8+. The molecule has 0 saturated heterocycles. The fourth-order valence-electron chi connectivity index (χ4n) is 1.46. The van der Waals surface area contributed by atoms with Crippen molar-refractivity contribution in [1.82, 2.24) is 4.72 Å². The normalized spacial score (nSPS) is 15.4. The van der Waals surface area contributed by atoms with Crippen LogP contribution in [0.5, 0.6) is 0 Å². The molecule has 20 heavy (non-hydrogen) atoms. The molecule has 2 unspecified atom stereocenters. The van der Waals surface area contributed by atoms with Crippen molar-refractivity contribution in [3.63, 3.8) is 0 Å². The van der Waals surface area contributed by atoms with E-state index in [1.165, 1.54) is 6.08 Å². The van der Waals surface area contributed by atoms with Crippen molar-refractivity contribution in [2.24, 2.45) is 5.92 Å². The van der Waals surface area contributed by atoms with Gasteiger partial charge in [0.05, 0.1) is 6.10 Å². The molecule has 1 aromatic carbocycles. The predicted octanol–water partition coefficient (Wildman–Crippen LogP) is 2.64.